The summed E-state index contributed by atoms with van der Waals surface area (Å²) in [5, 5.41) is 11.7. The van der Waals surface area contributed by atoms with Gasteiger partial charge in [-0.3, -0.25) is 4.72 Å². The Kier molecular flexibility index (Phi) is 5.95. The Morgan fingerprint density at radius 1 is 1.15 bits per heavy atom. The smallest absolute Gasteiger partial charge is 0.261 e. The summed E-state index contributed by atoms with van der Waals surface area (Å²) in [5.41, 5.74) is 5.92. The number of nitrogens with one attached hydrogen (secondary N) is 1. The predicted molar refractivity (Wildman–Crippen MR) is 118 cm³/mol. The first kappa shape index (κ1) is 19.9. The number of benzene rings is 3. The van der Waals surface area contributed by atoms with E-state index < -0.39 is 10.0 Å². The van der Waals surface area contributed by atoms with Crippen LogP contribution in [0.25, 0.3) is 10.8 Å². The highest BCUT2D eigenvalue weighted by Gasteiger charge is 2.18. The van der Waals surface area contributed by atoms with E-state index in [4.69, 9.17) is 18.0 Å². The van der Waals surface area contributed by atoms with Crippen LogP contribution in [0.1, 0.15) is 0 Å². The highest BCUT2D eigenvalue weighted by molar-refractivity contribution is 9.10. The summed E-state index contributed by atoms with van der Waals surface area (Å²) in [5.74, 6) is 0.401. The number of rotatable bonds is 6. The molecule has 0 radical (unpaired) electrons. The fourth-order valence-corrected chi connectivity index (χ4v) is 4.75. The number of fused-ring (bicyclic) bond motifs is 1. The second kappa shape index (κ2) is 8.05. The Morgan fingerprint density at radius 2 is 1.78 bits per heavy atom. The SMILES string of the molecule is NC(=S)CSc1cc(NS(=O)(=O)c2ccc(Br)cc2)c2ccccc2c1O. The molecule has 0 bridgehead atoms. The van der Waals surface area contributed by atoms with E-state index in [0.29, 0.717) is 32.1 Å². The molecule has 140 valence electrons. The van der Waals surface area contributed by atoms with Crippen LogP contribution in [0.3, 0.4) is 0 Å². The molecule has 0 spiro atoms. The van der Waals surface area contributed by atoms with Crippen LogP contribution in [-0.4, -0.2) is 24.3 Å². The number of halogens is 1. The van der Waals surface area contributed by atoms with Gasteiger partial charge in [-0.1, -0.05) is 52.4 Å². The Bertz CT molecular complexity index is 1120. The lowest BCUT2D eigenvalue weighted by Gasteiger charge is -2.15. The fraction of sp³-hybridized carbons (Fsp3) is 0.0556. The first-order chi connectivity index (χ1) is 12.8. The minimum Gasteiger partial charge on any atom is -0.506 e. The molecule has 0 aromatic heterocycles. The molecule has 5 nitrogen and oxygen atoms in total. The van der Waals surface area contributed by atoms with Gasteiger partial charge in [-0.05, 0) is 30.3 Å². The van der Waals surface area contributed by atoms with Gasteiger partial charge < -0.3 is 10.8 Å². The van der Waals surface area contributed by atoms with E-state index in [9.17, 15) is 13.5 Å². The van der Waals surface area contributed by atoms with Crippen LogP contribution in [0, 0.1) is 0 Å². The normalized spacial score (nSPS) is 11.4. The summed E-state index contributed by atoms with van der Waals surface area (Å²) in [6.07, 6.45) is 0. The second-order valence-corrected chi connectivity index (χ2v) is 9.77. The monoisotopic (exact) mass is 482 g/mol. The third-order valence-corrected chi connectivity index (χ3v) is 7.03. The van der Waals surface area contributed by atoms with Crippen molar-refractivity contribution in [1.29, 1.82) is 0 Å². The Hall–Kier alpha value is -1.81. The number of thioether (sulfide) groups is 1. The maximum Gasteiger partial charge on any atom is 0.261 e. The summed E-state index contributed by atoms with van der Waals surface area (Å²) in [7, 11) is -3.79. The van der Waals surface area contributed by atoms with Crippen molar-refractivity contribution >= 4 is 71.4 Å². The topological polar surface area (TPSA) is 92.4 Å². The first-order valence-corrected chi connectivity index (χ1v) is 11.4. The summed E-state index contributed by atoms with van der Waals surface area (Å²) in [6, 6.07) is 15.0. The molecule has 3 aromatic carbocycles. The van der Waals surface area contributed by atoms with Crippen molar-refractivity contribution in [3.8, 4) is 5.75 Å². The zero-order chi connectivity index (χ0) is 19.6. The van der Waals surface area contributed by atoms with Crippen LogP contribution in [0.5, 0.6) is 5.75 Å². The third-order valence-electron chi connectivity index (χ3n) is 3.72. The quantitative estimate of drug-likeness (QED) is 0.272. The standard InChI is InChI=1S/C18H15BrN2O3S3/c19-11-5-7-12(8-6-11)27(23,24)21-15-9-16(26-10-17(20)25)18(22)14-4-2-1-3-13(14)15/h1-9,21-22H,10H2,(H2,20,25). The van der Waals surface area contributed by atoms with E-state index in [-0.39, 0.29) is 10.6 Å². The van der Waals surface area contributed by atoms with Crippen molar-refractivity contribution in [2.75, 3.05) is 10.5 Å². The van der Waals surface area contributed by atoms with Gasteiger partial charge in [-0.25, -0.2) is 8.42 Å². The van der Waals surface area contributed by atoms with Gasteiger partial charge in [0, 0.05) is 21.0 Å². The lowest BCUT2D eigenvalue weighted by atomic mass is 10.1. The Balaban J connectivity index is 2.08. The summed E-state index contributed by atoms with van der Waals surface area (Å²) >= 11 is 9.43. The van der Waals surface area contributed by atoms with Gasteiger partial charge in [0.2, 0.25) is 0 Å². The number of aromatic hydroxyl groups is 1. The van der Waals surface area contributed by atoms with Crippen LogP contribution >= 0.6 is 39.9 Å². The molecule has 0 aliphatic heterocycles. The predicted octanol–water partition coefficient (Wildman–Crippen LogP) is 4.49. The molecule has 3 rings (SSSR count). The zero-order valence-corrected chi connectivity index (χ0v) is 17.9. The van der Waals surface area contributed by atoms with Gasteiger partial charge in [0.15, 0.2) is 0 Å². The Morgan fingerprint density at radius 3 is 2.41 bits per heavy atom. The summed E-state index contributed by atoms with van der Waals surface area (Å²) in [6.45, 7) is 0. The number of thiocarbonyl (C=S) groups is 1. The second-order valence-electron chi connectivity index (χ2n) is 5.63. The molecule has 0 fully saturated rings. The largest absolute Gasteiger partial charge is 0.506 e. The molecule has 0 aliphatic carbocycles. The molecule has 0 saturated carbocycles. The summed E-state index contributed by atoms with van der Waals surface area (Å²) in [4.78, 5) is 0.930. The lowest BCUT2D eigenvalue weighted by Crippen LogP contribution is -2.13. The number of phenolic OH excluding ortho intramolecular Hbond substituents is 1. The van der Waals surface area contributed by atoms with E-state index in [1.54, 1.807) is 42.5 Å². The van der Waals surface area contributed by atoms with Crippen LogP contribution < -0.4 is 10.5 Å². The maximum absolute atomic E-state index is 12.8. The van der Waals surface area contributed by atoms with E-state index in [2.05, 4.69) is 20.7 Å². The zero-order valence-electron chi connectivity index (χ0n) is 13.8. The van der Waals surface area contributed by atoms with Crippen molar-refractivity contribution in [1.82, 2.24) is 0 Å². The van der Waals surface area contributed by atoms with Crippen LogP contribution in [-0.2, 0) is 10.0 Å². The minimum atomic E-state index is -3.79. The van der Waals surface area contributed by atoms with Gasteiger partial charge >= 0.3 is 0 Å². The highest BCUT2D eigenvalue weighted by atomic mass is 79.9. The number of hydrogen-bond acceptors (Lipinski definition) is 5. The molecular weight excluding hydrogens is 468 g/mol. The molecule has 0 saturated heterocycles. The van der Waals surface area contributed by atoms with Gasteiger partial charge in [0.05, 0.1) is 20.5 Å². The number of sulfonamides is 1. The molecule has 9 heteroatoms. The number of anilines is 1. The van der Waals surface area contributed by atoms with Gasteiger partial charge in [0.25, 0.3) is 10.0 Å². The van der Waals surface area contributed by atoms with Crippen molar-refractivity contribution < 1.29 is 13.5 Å². The molecule has 27 heavy (non-hydrogen) atoms. The average molecular weight is 483 g/mol. The van der Waals surface area contributed by atoms with Crippen molar-refractivity contribution in [3.63, 3.8) is 0 Å². The van der Waals surface area contributed by atoms with Crippen LogP contribution in [0.4, 0.5) is 5.69 Å². The van der Waals surface area contributed by atoms with E-state index in [1.807, 2.05) is 0 Å². The molecular formula is C18H15BrN2O3S3. The van der Waals surface area contributed by atoms with E-state index in [1.165, 1.54) is 23.9 Å². The first-order valence-electron chi connectivity index (χ1n) is 7.72. The molecule has 0 heterocycles. The Labute approximate surface area is 175 Å². The number of phenols is 1. The van der Waals surface area contributed by atoms with Crippen LogP contribution in [0.2, 0.25) is 0 Å². The van der Waals surface area contributed by atoms with E-state index >= 15 is 0 Å². The van der Waals surface area contributed by atoms with Crippen molar-refractivity contribution in [2.45, 2.75) is 9.79 Å². The fourth-order valence-electron chi connectivity index (χ4n) is 2.50. The van der Waals surface area contributed by atoms with Crippen LogP contribution in [0.15, 0.2) is 68.9 Å². The number of hydrogen-bond donors (Lipinski definition) is 3. The molecule has 3 aromatic rings. The number of nitrogens with two attached hydrogens (primary N) is 1. The summed E-state index contributed by atoms with van der Waals surface area (Å²) < 4.78 is 29.0. The van der Waals surface area contributed by atoms with Gasteiger partial charge in [-0.2, -0.15) is 0 Å². The molecule has 0 aliphatic rings. The molecule has 4 N–H and O–H groups in total. The minimum absolute atomic E-state index is 0.0680. The highest BCUT2D eigenvalue weighted by Crippen LogP contribution is 2.40. The molecule has 0 unspecified atom stereocenters. The van der Waals surface area contributed by atoms with E-state index in [0.717, 1.165) is 4.47 Å². The van der Waals surface area contributed by atoms with Crippen molar-refractivity contribution in [3.05, 3.63) is 59.1 Å². The average Bonchev–Trinajstić information content (AvgIpc) is 2.63. The third kappa shape index (κ3) is 4.55. The molecule has 0 atom stereocenters. The molecule has 0 amide bonds. The lowest BCUT2D eigenvalue weighted by molar-refractivity contribution is 0.469. The van der Waals surface area contributed by atoms with Crippen molar-refractivity contribution in [2.24, 2.45) is 5.73 Å². The van der Waals surface area contributed by atoms with Gasteiger partial charge in [-0.15, -0.1) is 11.8 Å². The maximum atomic E-state index is 12.8. The van der Waals surface area contributed by atoms with Gasteiger partial charge in [0.1, 0.15) is 5.75 Å².